The maximum atomic E-state index is 12.9. The van der Waals surface area contributed by atoms with E-state index in [2.05, 4.69) is 28.4 Å². The SMILES string of the molecule is O=C(c1cn[nH]c1-c1ccccc1)N1CC=C(c2ccccc2)CC1. The number of aromatic amines is 1. The molecule has 0 unspecified atom stereocenters. The Morgan fingerprint density at radius 3 is 2.28 bits per heavy atom. The molecule has 0 fully saturated rings. The van der Waals surface area contributed by atoms with E-state index in [1.165, 1.54) is 11.1 Å². The first-order valence-corrected chi connectivity index (χ1v) is 8.45. The molecular formula is C21H19N3O. The van der Waals surface area contributed by atoms with Crippen molar-refractivity contribution in [2.45, 2.75) is 6.42 Å². The third kappa shape index (κ3) is 3.11. The number of carbonyl (C=O) groups is 1. The largest absolute Gasteiger partial charge is 0.334 e. The molecule has 2 heterocycles. The van der Waals surface area contributed by atoms with E-state index in [1.54, 1.807) is 6.20 Å². The zero-order valence-electron chi connectivity index (χ0n) is 13.9. The lowest BCUT2D eigenvalue weighted by Gasteiger charge is -2.26. The number of nitrogens with one attached hydrogen (secondary N) is 1. The van der Waals surface area contributed by atoms with Crippen molar-refractivity contribution >= 4 is 11.5 Å². The van der Waals surface area contributed by atoms with Gasteiger partial charge in [0.25, 0.3) is 5.91 Å². The molecular weight excluding hydrogens is 310 g/mol. The normalized spacial score (nSPS) is 14.2. The van der Waals surface area contributed by atoms with Gasteiger partial charge in [0, 0.05) is 18.7 Å². The van der Waals surface area contributed by atoms with Crippen LogP contribution >= 0.6 is 0 Å². The second kappa shape index (κ2) is 6.77. The van der Waals surface area contributed by atoms with E-state index in [4.69, 9.17) is 0 Å². The number of hydrogen-bond donors (Lipinski definition) is 1. The predicted octanol–water partition coefficient (Wildman–Crippen LogP) is 4.01. The summed E-state index contributed by atoms with van der Waals surface area (Å²) < 4.78 is 0. The lowest BCUT2D eigenvalue weighted by atomic mass is 9.99. The average Bonchev–Trinajstić information content (AvgIpc) is 3.19. The fourth-order valence-electron chi connectivity index (χ4n) is 3.21. The van der Waals surface area contributed by atoms with Gasteiger partial charge >= 0.3 is 0 Å². The minimum Gasteiger partial charge on any atom is -0.334 e. The summed E-state index contributed by atoms with van der Waals surface area (Å²) in [5, 5.41) is 7.05. The maximum Gasteiger partial charge on any atom is 0.257 e. The van der Waals surface area contributed by atoms with Crippen LogP contribution in [0.2, 0.25) is 0 Å². The van der Waals surface area contributed by atoms with Crippen LogP contribution in [0, 0.1) is 0 Å². The lowest BCUT2D eigenvalue weighted by molar-refractivity contribution is 0.0773. The van der Waals surface area contributed by atoms with Crippen molar-refractivity contribution in [2.75, 3.05) is 13.1 Å². The number of rotatable bonds is 3. The first-order valence-electron chi connectivity index (χ1n) is 8.45. The fourth-order valence-corrected chi connectivity index (χ4v) is 3.21. The highest BCUT2D eigenvalue weighted by Gasteiger charge is 2.23. The van der Waals surface area contributed by atoms with Crippen LogP contribution in [-0.2, 0) is 0 Å². The Morgan fingerprint density at radius 1 is 0.960 bits per heavy atom. The van der Waals surface area contributed by atoms with E-state index in [0.29, 0.717) is 12.1 Å². The molecule has 1 aliphatic heterocycles. The number of benzene rings is 2. The van der Waals surface area contributed by atoms with Crippen molar-refractivity contribution in [3.63, 3.8) is 0 Å². The van der Waals surface area contributed by atoms with Gasteiger partial charge in [-0.1, -0.05) is 66.7 Å². The van der Waals surface area contributed by atoms with Crippen LogP contribution in [0.1, 0.15) is 22.3 Å². The van der Waals surface area contributed by atoms with E-state index in [1.807, 2.05) is 53.4 Å². The lowest BCUT2D eigenvalue weighted by Crippen LogP contribution is -2.34. The zero-order chi connectivity index (χ0) is 17.1. The van der Waals surface area contributed by atoms with Gasteiger partial charge < -0.3 is 4.90 Å². The van der Waals surface area contributed by atoms with Crippen molar-refractivity contribution in [3.05, 3.63) is 84.1 Å². The van der Waals surface area contributed by atoms with Crippen molar-refractivity contribution in [3.8, 4) is 11.3 Å². The number of carbonyl (C=O) groups excluding carboxylic acids is 1. The van der Waals surface area contributed by atoms with Gasteiger partial charge in [0.15, 0.2) is 0 Å². The highest BCUT2D eigenvalue weighted by molar-refractivity contribution is 6.00. The van der Waals surface area contributed by atoms with Crippen LogP contribution < -0.4 is 0 Å². The highest BCUT2D eigenvalue weighted by atomic mass is 16.2. The van der Waals surface area contributed by atoms with Crippen LogP contribution in [0.25, 0.3) is 16.8 Å². The molecule has 3 aromatic rings. The molecule has 0 atom stereocenters. The topological polar surface area (TPSA) is 49.0 Å². The predicted molar refractivity (Wildman–Crippen MR) is 99.0 cm³/mol. The third-order valence-electron chi connectivity index (χ3n) is 4.57. The van der Waals surface area contributed by atoms with Gasteiger partial charge in [-0.05, 0) is 17.6 Å². The summed E-state index contributed by atoms with van der Waals surface area (Å²) in [5.74, 6) is 0.0240. The Bertz CT molecular complexity index is 897. The summed E-state index contributed by atoms with van der Waals surface area (Å²) in [5.41, 5.74) is 4.93. The fraction of sp³-hybridized carbons (Fsp3) is 0.143. The number of H-pyrrole nitrogens is 1. The van der Waals surface area contributed by atoms with Crippen molar-refractivity contribution < 1.29 is 4.79 Å². The minimum atomic E-state index is 0.0240. The standard InChI is InChI=1S/C21H19N3O/c25-21(19-15-22-23-20(19)18-9-5-2-6-10-18)24-13-11-17(12-14-24)16-7-3-1-4-8-16/h1-11,15H,12-14H2,(H,22,23). The molecule has 1 aliphatic rings. The Kier molecular flexibility index (Phi) is 4.17. The summed E-state index contributed by atoms with van der Waals surface area (Å²) in [6.07, 6.45) is 4.65. The molecule has 4 rings (SSSR count). The molecule has 0 radical (unpaired) electrons. The number of nitrogens with zero attached hydrogens (tertiary/aromatic N) is 2. The smallest absolute Gasteiger partial charge is 0.257 e. The van der Waals surface area contributed by atoms with E-state index in [9.17, 15) is 4.79 Å². The molecule has 4 nitrogen and oxygen atoms in total. The molecule has 0 saturated heterocycles. The summed E-state index contributed by atoms with van der Waals surface area (Å²) in [6.45, 7) is 1.35. The van der Waals surface area contributed by atoms with E-state index < -0.39 is 0 Å². The first kappa shape index (κ1) is 15.4. The molecule has 124 valence electrons. The third-order valence-corrected chi connectivity index (χ3v) is 4.57. The summed E-state index contributed by atoms with van der Waals surface area (Å²) in [7, 11) is 0. The van der Waals surface area contributed by atoms with Gasteiger partial charge in [-0.25, -0.2) is 0 Å². The summed E-state index contributed by atoms with van der Waals surface area (Å²) in [6, 6.07) is 20.2. The minimum absolute atomic E-state index is 0.0240. The Hall–Kier alpha value is -3.14. The molecule has 2 aromatic carbocycles. The van der Waals surface area contributed by atoms with Crippen LogP contribution in [-0.4, -0.2) is 34.1 Å². The van der Waals surface area contributed by atoms with Gasteiger partial charge in [-0.3, -0.25) is 9.89 Å². The second-order valence-corrected chi connectivity index (χ2v) is 6.12. The monoisotopic (exact) mass is 329 g/mol. The number of aromatic nitrogens is 2. The molecule has 1 N–H and O–H groups in total. The van der Waals surface area contributed by atoms with Crippen molar-refractivity contribution in [2.24, 2.45) is 0 Å². The average molecular weight is 329 g/mol. The van der Waals surface area contributed by atoms with Gasteiger partial charge in [0.2, 0.25) is 0 Å². The summed E-state index contributed by atoms with van der Waals surface area (Å²) in [4.78, 5) is 14.8. The van der Waals surface area contributed by atoms with Gasteiger partial charge in [0.1, 0.15) is 0 Å². The van der Waals surface area contributed by atoms with Crippen molar-refractivity contribution in [1.29, 1.82) is 0 Å². The maximum absolute atomic E-state index is 12.9. The van der Waals surface area contributed by atoms with E-state index in [-0.39, 0.29) is 5.91 Å². The van der Waals surface area contributed by atoms with Gasteiger partial charge in [-0.15, -0.1) is 0 Å². The Labute approximate surface area is 146 Å². The number of amides is 1. The molecule has 0 spiro atoms. The van der Waals surface area contributed by atoms with Gasteiger partial charge in [-0.2, -0.15) is 5.10 Å². The molecule has 1 aromatic heterocycles. The van der Waals surface area contributed by atoms with Crippen LogP contribution in [0.3, 0.4) is 0 Å². The quantitative estimate of drug-likeness (QED) is 0.789. The molecule has 4 heteroatoms. The zero-order valence-corrected chi connectivity index (χ0v) is 13.9. The Morgan fingerprint density at radius 2 is 1.64 bits per heavy atom. The molecule has 25 heavy (non-hydrogen) atoms. The van der Waals surface area contributed by atoms with E-state index in [0.717, 1.165) is 24.2 Å². The first-order chi connectivity index (χ1) is 12.3. The Balaban J connectivity index is 1.54. The van der Waals surface area contributed by atoms with Gasteiger partial charge in [0.05, 0.1) is 17.5 Å². The second-order valence-electron chi connectivity index (χ2n) is 6.12. The molecule has 1 amide bonds. The van der Waals surface area contributed by atoms with Crippen LogP contribution in [0.4, 0.5) is 0 Å². The summed E-state index contributed by atoms with van der Waals surface area (Å²) >= 11 is 0. The highest BCUT2D eigenvalue weighted by Crippen LogP contribution is 2.26. The molecule has 0 aliphatic carbocycles. The van der Waals surface area contributed by atoms with Crippen LogP contribution in [0.5, 0.6) is 0 Å². The van der Waals surface area contributed by atoms with Crippen molar-refractivity contribution in [1.82, 2.24) is 15.1 Å². The number of hydrogen-bond acceptors (Lipinski definition) is 2. The van der Waals surface area contributed by atoms with Crippen LogP contribution in [0.15, 0.2) is 72.9 Å². The molecule has 0 bridgehead atoms. The molecule has 0 saturated carbocycles. The van der Waals surface area contributed by atoms with E-state index >= 15 is 0 Å².